The lowest BCUT2D eigenvalue weighted by Crippen LogP contribution is -3.00. The highest BCUT2D eigenvalue weighted by Crippen LogP contribution is 2.07. The van der Waals surface area contributed by atoms with Gasteiger partial charge in [-0.3, -0.25) is 0 Å². The van der Waals surface area contributed by atoms with E-state index in [0.717, 1.165) is 12.8 Å². The third kappa shape index (κ3) is 3.47. The molecule has 0 aromatic carbocycles. The Kier molecular flexibility index (Phi) is 6.62. The molecule has 16 heavy (non-hydrogen) atoms. The summed E-state index contributed by atoms with van der Waals surface area (Å²) < 4.78 is 3.47. The van der Waals surface area contributed by atoms with Gasteiger partial charge in [0.15, 0.2) is 0 Å². The topological polar surface area (TPSA) is 29.1 Å². The number of amides is 1. The van der Waals surface area contributed by atoms with Crippen LogP contribution in [0.1, 0.15) is 26.7 Å². The molecule has 0 fully saturated rings. The normalized spacial score (nSPS) is 10.1. The van der Waals surface area contributed by atoms with Crippen LogP contribution in [0.3, 0.4) is 0 Å². The van der Waals surface area contributed by atoms with Crippen LogP contribution in [0.15, 0.2) is 18.7 Å². The van der Waals surface area contributed by atoms with Crippen LogP contribution in [0, 0.1) is 0 Å². The minimum atomic E-state index is 0. The fraction of sp³-hybridized carbons (Fsp3) is 0.636. The maximum atomic E-state index is 12.0. The molecule has 4 nitrogen and oxygen atoms in total. The van der Waals surface area contributed by atoms with E-state index in [1.165, 1.54) is 0 Å². The van der Waals surface area contributed by atoms with E-state index in [1.54, 1.807) is 22.0 Å². The lowest BCUT2D eigenvalue weighted by molar-refractivity contribution is -0.670. The molecular weight excluding hydrogens is 317 g/mol. The van der Waals surface area contributed by atoms with E-state index in [1.807, 2.05) is 24.9 Å². The van der Waals surface area contributed by atoms with E-state index in [2.05, 4.69) is 13.8 Å². The molecule has 1 heterocycles. The molecule has 0 unspecified atom stereocenters. The smallest absolute Gasteiger partial charge is 0.415 e. The van der Waals surface area contributed by atoms with Gasteiger partial charge in [0.2, 0.25) is 0 Å². The van der Waals surface area contributed by atoms with Crippen molar-refractivity contribution in [3.8, 4) is 0 Å². The van der Waals surface area contributed by atoms with Crippen molar-refractivity contribution in [3.63, 3.8) is 0 Å². The van der Waals surface area contributed by atoms with Gasteiger partial charge < -0.3 is 28.9 Å². The average molecular weight is 337 g/mol. The fourth-order valence-corrected chi connectivity index (χ4v) is 1.74. The lowest BCUT2D eigenvalue weighted by atomic mass is 10.1. The quantitative estimate of drug-likeness (QED) is 0.483. The fourth-order valence-electron chi connectivity index (χ4n) is 1.74. The summed E-state index contributed by atoms with van der Waals surface area (Å²) in [5.74, 6) is 0. The number of halogens is 1. The second kappa shape index (κ2) is 6.88. The minimum absolute atomic E-state index is 0. The van der Waals surface area contributed by atoms with Crippen LogP contribution >= 0.6 is 0 Å². The largest absolute Gasteiger partial charge is 1.00 e. The van der Waals surface area contributed by atoms with E-state index >= 15 is 0 Å². The van der Waals surface area contributed by atoms with Crippen molar-refractivity contribution < 1.29 is 33.3 Å². The summed E-state index contributed by atoms with van der Waals surface area (Å²) in [6.07, 6.45) is 7.40. The monoisotopic (exact) mass is 337 g/mol. The van der Waals surface area contributed by atoms with Gasteiger partial charge in [-0.25, -0.2) is 9.36 Å². The molecule has 0 N–H and O–H groups in total. The molecule has 0 saturated heterocycles. The van der Waals surface area contributed by atoms with Crippen molar-refractivity contribution in [2.45, 2.75) is 32.7 Å². The van der Waals surface area contributed by atoms with Crippen molar-refractivity contribution in [2.75, 3.05) is 7.05 Å². The van der Waals surface area contributed by atoms with Crippen LogP contribution in [0.25, 0.3) is 0 Å². The Morgan fingerprint density at radius 1 is 1.44 bits per heavy atom. The highest BCUT2D eigenvalue weighted by atomic mass is 127. The van der Waals surface area contributed by atoms with Crippen molar-refractivity contribution >= 4 is 6.03 Å². The molecule has 0 aliphatic carbocycles. The molecule has 0 aliphatic heterocycles. The minimum Gasteiger partial charge on any atom is -1.00 e. The van der Waals surface area contributed by atoms with Crippen LogP contribution in [-0.2, 0) is 7.05 Å². The van der Waals surface area contributed by atoms with E-state index in [4.69, 9.17) is 0 Å². The van der Waals surface area contributed by atoms with Crippen LogP contribution in [-0.4, -0.2) is 28.6 Å². The van der Waals surface area contributed by atoms with Crippen LogP contribution in [0.5, 0.6) is 0 Å². The Bertz CT molecular complexity index is 334. The summed E-state index contributed by atoms with van der Waals surface area (Å²) in [4.78, 5) is 13.8. The molecule has 92 valence electrons. The maximum absolute atomic E-state index is 12.0. The Balaban J connectivity index is 0.00000225. The molecule has 1 amide bonds. The first-order chi connectivity index (χ1) is 7.10. The predicted molar refractivity (Wildman–Crippen MR) is 58.5 cm³/mol. The number of rotatable bonds is 3. The third-order valence-electron chi connectivity index (χ3n) is 2.78. The van der Waals surface area contributed by atoms with Gasteiger partial charge in [0.05, 0.1) is 7.05 Å². The molecule has 0 radical (unpaired) electrons. The highest BCUT2D eigenvalue weighted by molar-refractivity contribution is 5.76. The number of nitrogens with zero attached hydrogens (tertiary/aromatic N) is 3. The Labute approximate surface area is 114 Å². The first-order valence-electron chi connectivity index (χ1n) is 5.40. The third-order valence-corrected chi connectivity index (χ3v) is 2.78. The van der Waals surface area contributed by atoms with E-state index in [9.17, 15) is 4.79 Å². The summed E-state index contributed by atoms with van der Waals surface area (Å²) in [6.45, 7) is 4.21. The van der Waals surface area contributed by atoms with Crippen LogP contribution < -0.4 is 28.5 Å². The van der Waals surface area contributed by atoms with Crippen molar-refractivity contribution in [1.82, 2.24) is 9.47 Å². The van der Waals surface area contributed by atoms with Crippen molar-refractivity contribution in [1.29, 1.82) is 0 Å². The number of hydrogen-bond acceptors (Lipinski definition) is 1. The van der Waals surface area contributed by atoms with E-state index in [0.29, 0.717) is 6.04 Å². The Hall–Kier alpha value is -0.590. The number of aromatic nitrogens is 2. The summed E-state index contributed by atoms with van der Waals surface area (Å²) >= 11 is 0. The lowest BCUT2D eigenvalue weighted by Gasteiger charge is -2.23. The molecule has 5 heteroatoms. The molecular formula is C11H20IN3O. The van der Waals surface area contributed by atoms with Gasteiger partial charge in [-0.05, 0) is 12.8 Å². The zero-order valence-corrected chi connectivity index (χ0v) is 12.5. The number of hydrogen-bond donors (Lipinski definition) is 0. The second-order valence-electron chi connectivity index (χ2n) is 3.85. The molecule has 0 spiro atoms. The van der Waals surface area contributed by atoms with Crippen molar-refractivity contribution in [3.05, 3.63) is 18.7 Å². The summed E-state index contributed by atoms with van der Waals surface area (Å²) in [5.41, 5.74) is 0. The molecule has 1 aromatic heterocycles. The average Bonchev–Trinajstić information content (AvgIpc) is 2.65. The first kappa shape index (κ1) is 15.4. The molecule has 0 saturated carbocycles. The molecule has 0 atom stereocenters. The maximum Gasteiger partial charge on any atom is 0.415 e. The summed E-state index contributed by atoms with van der Waals surface area (Å²) in [6, 6.07) is 0.356. The number of imidazole rings is 1. The molecule has 0 bridgehead atoms. The SMILES string of the molecule is CCC(CC)N(C)C(=O)n1cc[n+](C)c1.[I-]. The number of carbonyl (C=O) groups is 1. The zero-order valence-electron chi connectivity index (χ0n) is 10.4. The second-order valence-corrected chi connectivity index (χ2v) is 3.85. The standard InChI is InChI=1S/C11H20N3O.HI/c1-5-10(6-2)13(4)11(15)14-8-7-12(3)9-14;/h7-10H,5-6H2,1-4H3;1H/q+1;/p-1. The number of carbonyl (C=O) groups excluding carboxylic acids is 1. The molecule has 0 aliphatic rings. The van der Waals surface area contributed by atoms with E-state index < -0.39 is 0 Å². The Morgan fingerprint density at radius 3 is 2.38 bits per heavy atom. The highest BCUT2D eigenvalue weighted by Gasteiger charge is 2.22. The van der Waals surface area contributed by atoms with Gasteiger partial charge in [0.1, 0.15) is 12.4 Å². The van der Waals surface area contributed by atoms with Gasteiger partial charge >= 0.3 is 6.03 Å². The van der Waals surface area contributed by atoms with Crippen molar-refractivity contribution in [2.24, 2.45) is 7.05 Å². The van der Waals surface area contributed by atoms with Gasteiger partial charge in [-0.15, -0.1) is 0 Å². The number of aryl methyl sites for hydroxylation is 1. The van der Waals surface area contributed by atoms with Gasteiger partial charge in [0, 0.05) is 13.1 Å². The summed E-state index contributed by atoms with van der Waals surface area (Å²) in [5, 5.41) is 0. The van der Waals surface area contributed by atoms with Gasteiger partial charge in [0.25, 0.3) is 6.33 Å². The first-order valence-corrected chi connectivity index (χ1v) is 5.40. The molecule has 1 rings (SSSR count). The molecule has 1 aromatic rings. The van der Waals surface area contributed by atoms with E-state index in [-0.39, 0.29) is 30.0 Å². The predicted octanol–water partition coefficient (Wildman–Crippen LogP) is -1.59. The Morgan fingerprint density at radius 2 is 2.00 bits per heavy atom. The van der Waals surface area contributed by atoms with Gasteiger partial charge in [-0.2, -0.15) is 4.57 Å². The van der Waals surface area contributed by atoms with Gasteiger partial charge in [-0.1, -0.05) is 13.8 Å². The summed E-state index contributed by atoms with van der Waals surface area (Å²) in [7, 11) is 3.76. The zero-order chi connectivity index (χ0) is 11.4. The van der Waals surface area contributed by atoms with Crippen LogP contribution in [0.4, 0.5) is 4.79 Å². The van der Waals surface area contributed by atoms with Crippen LogP contribution in [0.2, 0.25) is 0 Å².